The van der Waals surface area contributed by atoms with Crippen LogP contribution in [-0.2, 0) is 0 Å². The standard InChI is InChI=1S/C21H16ClNO3/c1-26-19-8-4-5-15(21(19)25)13-23-18-7-3-2-6-17(18)20(24)14-9-11-16(22)12-10-14/h2-13,25H,1H3. The lowest BCUT2D eigenvalue weighted by atomic mass is 10.0. The van der Waals surface area contributed by atoms with Crippen molar-refractivity contribution in [3.8, 4) is 11.5 Å². The summed E-state index contributed by atoms with van der Waals surface area (Å²) >= 11 is 5.88. The molecule has 26 heavy (non-hydrogen) atoms. The third-order valence-electron chi connectivity index (χ3n) is 3.85. The van der Waals surface area contributed by atoms with Crippen molar-refractivity contribution in [2.75, 3.05) is 7.11 Å². The maximum atomic E-state index is 12.8. The zero-order valence-electron chi connectivity index (χ0n) is 14.0. The fraction of sp³-hybridized carbons (Fsp3) is 0.0476. The molecule has 1 N–H and O–H groups in total. The number of ketones is 1. The fourth-order valence-electron chi connectivity index (χ4n) is 2.48. The van der Waals surface area contributed by atoms with E-state index in [1.165, 1.54) is 13.3 Å². The Labute approximate surface area is 156 Å². The zero-order valence-corrected chi connectivity index (χ0v) is 14.8. The number of nitrogens with zero attached hydrogens (tertiary/aromatic N) is 1. The SMILES string of the molecule is COc1cccc(C=Nc2ccccc2C(=O)c2ccc(Cl)cc2)c1O. The number of hydrogen-bond donors (Lipinski definition) is 1. The lowest BCUT2D eigenvalue weighted by molar-refractivity contribution is 0.103. The molecule has 4 nitrogen and oxygen atoms in total. The number of phenols is 1. The Morgan fingerprint density at radius 3 is 2.50 bits per heavy atom. The first kappa shape index (κ1) is 17.7. The monoisotopic (exact) mass is 365 g/mol. The van der Waals surface area contributed by atoms with E-state index in [0.29, 0.717) is 33.1 Å². The van der Waals surface area contributed by atoms with Gasteiger partial charge in [-0.1, -0.05) is 29.8 Å². The molecule has 0 radical (unpaired) electrons. The van der Waals surface area contributed by atoms with E-state index < -0.39 is 0 Å². The second-order valence-electron chi connectivity index (χ2n) is 5.51. The smallest absolute Gasteiger partial charge is 0.195 e. The van der Waals surface area contributed by atoms with Gasteiger partial charge in [0.25, 0.3) is 0 Å². The second kappa shape index (κ2) is 7.85. The highest BCUT2D eigenvalue weighted by atomic mass is 35.5. The Morgan fingerprint density at radius 1 is 1.04 bits per heavy atom. The van der Waals surface area contributed by atoms with Crippen LogP contribution in [0.2, 0.25) is 5.02 Å². The van der Waals surface area contributed by atoms with Crippen molar-refractivity contribution in [1.82, 2.24) is 0 Å². The molecule has 3 rings (SSSR count). The van der Waals surface area contributed by atoms with Gasteiger partial charge in [0.2, 0.25) is 0 Å². The number of methoxy groups -OCH3 is 1. The van der Waals surface area contributed by atoms with Crippen molar-refractivity contribution in [2.24, 2.45) is 4.99 Å². The molecule has 0 aromatic heterocycles. The summed E-state index contributed by atoms with van der Waals surface area (Å²) in [4.78, 5) is 17.2. The molecule has 0 amide bonds. The average Bonchev–Trinajstić information content (AvgIpc) is 2.67. The van der Waals surface area contributed by atoms with Gasteiger partial charge >= 0.3 is 0 Å². The summed E-state index contributed by atoms with van der Waals surface area (Å²) < 4.78 is 5.09. The zero-order chi connectivity index (χ0) is 18.5. The van der Waals surface area contributed by atoms with Crippen molar-refractivity contribution in [3.05, 3.63) is 88.4 Å². The van der Waals surface area contributed by atoms with E-state index in [2.05, 4.69) is 4.99 Å². The predicted octanol–water partition coefficient (Wildman–Crippen LogP) is 5.04. The summed E-state index contributed by atoms with van der Waals surface area (Å²) in [6.45, 7) is 0. The van der Waals surface area contributed by atoms with Gasteiger partial charge in [-0.15, -0.1) is 0 Å². The van der Waals surface area contributed by atoms with Gasteiger partial charge in [-0.2, -0.15) is 0 Å². The number of aromatic hydroxyl groups is 1. The Balaban J connectivity index is 1.95. The van der Waals surface area contributed by atoms with Gasteiger partial charge in [0.1, 0.15) is 0 Å². The lowest BCUT2D eigenvalue weighted by Crippen LogP contribution is -2.01. The summed E-state index contributed by atoms with van der Waals surface area (Å²) in [5.41, 5.74) is 2.00. The molecule has 0 spiro atoms. The molecule has 0 fully saturated rings. The molecular weight excluding hydrogens is 350 g/mol. The molecule has 0 saturated carbocycles. The van der Waals surface area contributed by atoms with Crippen LogP contribution >= 0.6 is 11.6 Å². The minimum Gasteiger partial charge on any atom is -0.504 e. The Hall–Kier alpha value is -3.11. The summed E-state index contributed by atoms with van der Waals surface area (Å²) in [5, 5.41) is 10.7. The number of carbonyl (C=O) groups excluding carboxylic acids is 1. The number of para-hydroxylation sites is 2. The van der Waals surface area contributed by atoms with Crippen LogP contribution in [0.4, 0.5) is 5.69 Å². The van der Waals surface area contributed by atoms with Crippen LogP contribution < -0.4 is 4.74 Å². The average molecular weight is 366 g/mol. The van der Waals surface area contributed by atoms with E-state index in [9.17, 15) is 9.90 Å². The first-order chi connectivity index (χ1) is 12.6. The number of ether oxygens (including phenoxy) is 1. The molecule has 5 heteroatoms. The number of halogens is 1. The van der Waals surface area contributed by atoms with Crippen molar-refractivity contribution in [3.63, 3.8) is 0 Å². The van der Waals surface area contributed by atoms with Crippen LogP contribution in [0, 0.1) is 0 Å². The minimum absolute atomic E-state index is 0.000240. The molecule has 0 heterocycles. The highest BCUT2D eigenvalue weighted by Crippen LogP contribution is 2.29. The molecule has 0 atom stereocenters. The van der Waals surface area contributed by atoms with E-state index in [0.717, 1.165) is 0 Å². The minimum atomic E-state index is -0.149. The molecular formula is C21H16ClNO3. The normalized spacial score (nSPS) is 10.8. The number of rotatable bonds is 5. The van der Waals surface area contributed by atoms with Crippen molar-refractivity contribution in [2.45, 2.75) is 0 Å². The predicted molar refractivity (Wildman–Crippen MR) is 103 cm³/mol. The number of carbonyl (C=O) groups is 1. The number of benzene rings is 3. The Morgan fingerprint density at radius 2 is 1.77 bits per heavy atom. The molecule has 0 unspecified atom stereocenters. The Kier molecular flexibility index (Phi) is 5.34. The third-order valence-corrected chi connectivity index (χ3v) is 4.10. The van der Waals surface area contributed by atoms with Gasteiger partial charge in [-0.05, 0) is 48.5 Å². The highest BCUT2D eigenvalue weighted by Gasteiger charge is 2.13. The molecule has 130 valence electrons. The van der Waals surface area contributed by atoms with Crippen LogP contribution in [0.3, 0.4) is 0 Å². The van der Waals surface area contributed by atoms with Crippen molar-refractivity contribution >= 4 is 29.3 Å². The first-order valence-corrected chi connectivity index (χ1v) is 8.27. The van der Waals surface area contributed by atoms with E-state index in [1.807, 2.05) is 0 Å². The molecule has 0 aliphatic heterocycles. The van der Waals surface area contributed by atoms with Crippen LogP contribution in [0.1, 0.15) is 21.5 Å². The summed E-state index contributed by atoms with van der Waals surface area (Å²) in [7, 11) is 1.48. The molecule has 0 saturated heterocycles. The van der Waals surface area contributed by atoms with Crippen LogP contribution in [0.25, 0.3) is 0 Å². The van der Waals surface area contributed by atoms with Crippen LogP contribution in [-0.4, -0.2) is 24.2 Å². The van der Waals surface area contributed by atoms with E-state index in [4.69, 9.17) is 16.3 Å². The van der Waals surface area contributed by atoms with Gasteiger partial charge < -0.3 is 9.84 Å². The first-order valence-electron chi connectivity index (χ1n) is 7.89. The van der Waals surface area contributed by atoms with E-state index in [1.54, 1.807) is 66.7 Å². The molecule has 0 aliphatic rings. The molecule has 3 aromatic rings. The highest BCUT2D eigenvalue weighted by molar-refractivity contribution is 6.30. The molecule has 0 aliphatic carbocycles. The summed E-state index contributed by atoms with van der Waals surface area (Å²) in [6.07, 6.45) is 1.51. The topological polar surface area (TPSA) is 58.9 Å². The maximum absolute atomic E-state index is 12.8. The molecule has 3 aromatic carbocycles. The number of hydrogen-bond acceptors (Lipinski definition) is 4. The lowest BCUT2D eigenvalue weighted by Gasteiger charge is -2.07. The number of aliphatic imine (C=N–C) groups is 1. The summed E-state index contributed by atoms with van der Waals surface area (Å²) in [6, 6.07) is 18.9. The third kappa shape index (κ3) is 3.76. The van der Waals surface area contributed by atoms with Crippen LogP contribution in [0.15, 0.2) is 71.7 Å². The second-order valence-corrected chi connectivity index (χ2v) is 5.95. The fourth-order valence-corrected chi connectivity index (χ4v) is 2.61. The van der Waals surface area contributed by atoms with Gasteiger partial charge in [-0.3, -0.25) is 9.79 Å². The van der Waals surface area contributed by atoms with Crippen molar-refractivity contribution < 1.29 is 14.6 Å². The molecule has 0 bridgehead atoms. The maximum Gasteiger partial charge on any atom is 0.195 e. The van der Waals surface area contributed by atoms with Crippen LogP contribution in [0.5, 0.6) is 11.5 Å². The van der Waals surface area contributed by atoms with Crippen molar-refractivity contribution in [1.29, 1.82) is 0 Å². The number of phenolic OH excluding ortho intramolecular Hbond substituents is 1. The van der Waals surface area contributed by atoms with Gasteiger partial charge in [0.05, 0.1) is 12.8 Å². The quantitative estimate of drug-likeness (QED) is 0.509. The summed E-state index contributed by atoms with van der Waals surface area (Å²) in [5.74, 6) is 0.212. The van der Waals surface area contributed by atoms with E-state index >= 15 is 0 Å². The Bertz CT molecular complexity index is 965. The van der Waals surface area contributed by atoms with Gasteiger partial charge in [-0.25, -0.2) is 0 Å². The largest absolute Gasteiger partial charge is 0.504 e. The van der Waals surface area contributed by atoms with Gasteiger partial charge in [0, 0.05) is 27.9 Å². The van der Waals surface area contributed by atoms with Gasteiger partial charge in [0.15, 0.2) is 17.3 Å². The van der Waals surface area contributed by atoms with E-state index in [-0.39, 0.29) is 11.5 Å².